The summed E-state index contributed by atoms with van der Waals surface area (Å²) in [7, 11) is 2.49. The average Bonchev–Trinajstić information content (AvgIpc) is 2.70. The van der Waals surface area contributed by atoms with Crippen LogP contribution in [0.2, 0.25) is 0 Å². The van der Waals surface area contributed by atoms with Crippen molar-refractivity contribution in [3.05, 3.63) is 64.7 Å². The Labute approximate surface area is 171 Å². The van der Waals surface area contributed by atoms with Crippen LogP contribution >= 0.6 is 0 Å². The Hall–Kier alpha value is -3.15. The Morgan fingerprint density at radius 3 is 1.83 bits per heavy atom. The van der Waals surface area contributed by atoms with Gasteiger partial charge in [-0.15, -0.1) is 0 Å². The molecular weight excluding hydrogens is 370 g/mol. The van der Waals surface area contributed by atoms with Crippen molar-refractivity contribution < 1.29 is 23.9 Å². The Morgan fingerprint density at radius 2 is 1.38 bits per heavy atom. The van der Waals surface area contributed by atoms with E-state index in [0.717, 1.165) is 5.56 Å². The summed E-state index contributed by atoms with van der Waals surface area (Å²) in [6, 6.07) is 12.5. The molecule has 6 heteroatoms. The fourth-order valence-electron chi connectivity index (χ4n) is 2.82. The van der Waals surface area contributed by atoms with Gasteiger partial charge in [0.05, 0.1) is 25.3 Å². The van der Waals surface area contributed by atoms with Crippen LogP contribution in [-0.2, 0) is 26.1 Å². The van der Waals surface area contributed by atoms with E-state index in [1.807, 2.05) is 12.1 Å². The topological polar surface area (TPSA) is 81.7 Å². The van der Waals surface area contributed by atoms with E-state index >= 15 is 0 Å². The maximum Gasteiger partial charge on any atom is 0.337 e. The van der Waals surface area contributed by atoms with Gasteiger partial charge in [0.1, 0.15) is 0 Å². The lowest BCUT2D eigenvalue weighted by molar-refractivity contribution is -0.116. The number of amides is 1. The van der Waals surface area contributed by atoms with Gasteiger partial charge < -0.3 is 14.8 Å². The quantitative estimate of drug-likeness (QED) is 0.741. The number of ether oxygens (including phenoxy) is 2. The Balaban J connectivity index is 2.07. The van der Waals surface area contributed by atoms with Crippen molar-refractivity contribution in [3.63, 3.8) is 0 Å². The first-order valence-corrected chi connectivity index (χ1v) is 9.35. The molecule has 0 saturated carbocycles. The molecule has 6 nitrogen and oxygen atoms in total. The van der Waals surface area contributed by atoms with Gasteiger partial charge in [-0.1, -0.05) is 45.0 Å². The van der Waals surface area contributed by atoms with Crippen LogP contribution in [-0.4, -0.2) is 32.1 Å². The monoisotopic (exact) mass is 397 g/mol. The molecule has 1 amide bonds. The standard InChI is InChI=1S/C23H27NO5/c1-23(2,3)18-9-6-15(7-10-18)8-11-20(25)24-19-13-16(21(26)28-4)12-17(14-19)22(27)29-5/h6-7,9-10,12-14H,8,11H2,1-5H3,(H,24,25). The minimum atomic E-state index is -0.606. The van der Waals surface area contributed by atoms with Gasteiger partial charge in [-0.05, 0) is 41.2 Å². The van der Waals surface area contributed by atoms with Gasteiger partial charge in [-0.3, -0.25) is 4.79 Å². The highest BCUT2D eigenvalue weighted by Gasteiger charge is 2.16. The number of nitrogens with one attached hydrogen (secondary N) is 1. The van der Waals surface area contributed by atoms with Gasteiger partial charge in [-0.25, -0.2) is 9.59 Å². The lowest BCUT2D eigenvalue weighted by Gasteiger charge is -2.19. The molecule has 0 aromatic heterocycles. The van der Waals surface area contributed by atoms with Crippen LogP contribution in [0.1, 0.15) is 59.0 Å². The number of hydrogen-bond donors (Lipinski definition) is 1. The zero-order valence-corrected chi connectivity index (χ0v) is 17.5. The van der Waals surface area contributed by atoms with E-state index in [-0.39, 0.29) is 28.9 Å². The summed E-state index contributed by atoms with van der Waals surface area (Å²) in [6.45, 7) is 6.46. The molecule has 0 spiro atoms. The normalized spacial score (nSPS) is 10.9. The fourth-order valence-corrected chi connectivity index (χ4v) is 2.82. The minimum absolute atomic E-state index is 0.0813. The predicted molar refractivity (Wildman–Crippen MR) is 111 cm³/mol. The van der Waals surface area contributed by atoms with Crippen LogP contribution in [0.3, 0.4) is 0 Å². The van der Waals surface area contributed by atoms with Crippen LogP contribution in [0.4, 0.5) is 5.69 Å². The average molecular weight is 397 g/mol. The number of anilines is 1. The lowest BCUT2D eigenvalue weighted by Crippen LogP contribution is -2.15. The highest BCUT2D eigenvalue weighted by atomic mass is 16.5. The second-order valence-corrected chi connectivity index (χ2v) is 7.78. The number of carbonyl (C=O) groups is 3. The summed E-state index contributed by atoms with van der Waals surface area (Å²) >= 11 is 0. The lowest BCUT2D eigenvalue weighted by atomic mass is 9.86. The molecule has 0 heterocycles. The largest absolute Gasteiger partial charge is 0.465 e. The highest BCUT2D eigenvalue weighted by molar-refractivity contribution is 5.99. The van der Waals surface area contributed by atoms with Crippen molar-refractivity contribution in [1.82, 2.24) is 0 Å². The molecule has 29 heavy (non-hydrogen) atoms. The number of methoxy groups -OCH3 is 2. The third kappa shape index (κ3) is 6.17. The first-order chi connectivity index (χ1) is 13.6. The molecule has 154 valence electrons. The van der Waals surface area contributed by atoms with Crippen molar-refractivity contribution in [2.24, 2.45) is 0 Å². The number of benzene rings is 2. The fraction of sp³-hybridized carbons (Fsp3) is 0.348. The summed E-state index contributed by atoms with van der Waals surface area (Å²) in [5.41, 5.74) is 3.03. The summed E-state index contributed by atoms with van der Waals surface area (Å²) in [4.78, 5) is 36.0. The summed E-state index contributed by atoms with van der Waals surface area (Å²) in [5.74, 6) is -1.43. The number of esters is 2. The summed E-state index contributed by atoms with van der Waals surface area (Å²) < 4.78 is 9.40. The number of carbonyl (C=O) groups excluding carboxylic acids is 3. The Bertz CT molecular complexity index is 860. The molecule has 0 aliphatic carbocycles. The van der Waals surface area contributed by atoms with Crippen molar-refractivity contribution in [2.75, 3.05) is 19.5 Å². The van der Waals surface area contributed by atoms with Crippen LogP contribution < -0.4 is 5.32 Å². The van der Waals surface area contributed by atoms with Crippen molar-refractivity contribution in [3.8, 4) is 0 Å². The molecule has 2 rings (SSSR count). The first kappa shape index (κ1) is 22.1. The van der Waals surface area contributed by atoms with Crippen LogP contribution in [0.15, 0.2) is 42.5 Å². The number of hydrogen-bond acceptors (Lipinski definition) is 5. The molecule has 0 unspecified atom stereocenters. The van der Waals surface area contributed by atoms with Gasteiger partial charge in [0.2, 0.25) is 5.91 Å². The van der Waals surface area contributed by atoms with Crippen molar-refractivity contribution >= 4 is 23.5 Å². The summed E-state index contributed by atoms with van der Waals surface area (Å²) in [6.07, 6.45) is 0.849. The zero-order valence-electron chi connectivity index (χ0n) is 17.5. The van der Waals surface area contributed by atoms with Gasteiger partial charge in [0.15, 0.2) is 0 Å². The molecule has 0 bridgehead atoms. The predicted octanol–water partition coefficient (Wildman–Crippen LogP) is 4.13. The third-order valence-electron chi connectivity index (χ3n) is 4.52. The molecular formula is C23H27NO5. The van der Waals surface area contributed by atoms with Gasteiger partial charge in [-0.2, -0.15) is 0 Å². The molecule has 0 fully saturated rings. The maximum absolute atomic E-state index is 12.4. The molecule has 0 atom stereocenters. The first-order valence-electron chi connectivity index (χ1n) is 9.35. The minimum Gasteiger partial charge on any atom is -0.465 e. The molecule has 2 aromatic carbocycles. The molecule has 1 N–H and O–H groups in total. The van der Waals surface area contributed by atoms with E-state index < -0.39 is 11.9 Å². The Morgan fingerprint density at radius 1 is 0.862 bits per heavy atom. The maximum atomic E-state index is 12.4. The molecule has 0 radical (unpaired) electrons. The van der Waals surface area contributed by atoms with Crippen LogP contribution in [0.25, 0.3) is 0 Å². The molecule has 2 aromatic rings. The van der Waals surface area contributed by atoms with E-state index in [1.54, 1.807) is 0 Å². The van der Waals surface area contributed by atoms with E-state index in [1.165, 1.54) is 38.0 Å². The van der Waals surface area contributed by atoms with Crippen LogP contribution in [0.5, 0.6) is 0 Å². The number of aryl methyl sites for hydroxylation is 1. The van der Waals surface area contributed by atoms with Gasteiger partial charge >= 0.3 is 11.9 Å². The molecule has 0 aliphatic rings. The van der Waals surface area contributed by atoms with E-state index in [0.29, 0.717) is 12.1 Å². The van der Waals surface area contributed by atoms with Gasteiger partial charge in [0, 0.05) is 12.1 Å². The summed E-state index contributed by atoms with van der Waals surface area (Å²) in [5, 5.41) is 2.73. The van der Waals surface area contributed by atoms with Crippen molar-refractivity contribution in [1.29, 1.82) is 0 Å². The molecule has 0 aliphatic heterocycles. The van der Waals surface area contributed by atoms with E-state index in [4.69, 9.17) is 9.47 Å². The number of rotatable bonds is 6. The third-order valence-corrected chi connectivity index (χ3v) is 4.52. The second-order valence-electron chi connectivity index (χ2n) is 7.78. The van der Waals surface area contributed by atoms with Crippen molar-refractivity contribution in [2.45, 2.75) is 39.0 Å². The van der Waals surface area contributed by atoms with E-state index in [2.05, 4.69) is 38.2 Å². The molecule has 0 saturated heterocycles. The van der Waals surface area contributed by atoms with Gasteiger partial charge in [0.25, 0.3) is 0 Å². The zero-order chi connectivity index (χ0) is 21.6. The van der Waals surface area contributed by atoms with Crippen LogP contribution in [0, 0.1) is 0 Å². The second kappa shape index (κ2) is 9.37. The smallest absolute Gasteiger partial charge is 0.337 e. The SMILES string of the molecule is COC(=O)c1cc(NC(=O)CCc2ccc(C(C)(C)C)cc2)cc(C(=O)OC)c1. The van der Waals surface area contributed by atoms with E-state index in [9.17, 15) is 14.4 Å². The highest BCUT2D eigenvalue weighted by Crippen LogP contribution is 2.22. The Kier molecular flexibility index (Phi) is 7.15.